The summed E-state index contributed by atoms with van der Waals surface area (Å²) in [5.74, 6) is -0.533. The second kappa shape index (κ2) is 8.48. The molecule has 0 bridgehead atoms. The fraction of sp³-hybridized carbons (Fsp3) is 0.682. The molecule has 1 N–H and O–H groups in total. The first-order valence-corrected chi connectivity index (χ1v) is 10.8. The quantitative estimate of drug-likeness (QED) is 0.746. The predicted octanol–water partition coefficient (Wildman–Crippen LogP) is 4.03. The molecule has 1 spiro atoms. The molecular weight excluding hydrogens is 397 g/mol. The van der Waals surface area contributed by atoms with Crippen LogP contribution in [0.15, 0.2) is 24.3 Å². The minimum atomic E-state index is -4.37. The van der Waals surface area contributed by atoms with Gasteiger partial charge in [-0.2, -0.15) is 13.2 Å². The highest BCUT2D eigenvalue weighted by Gasteiger charge is 2.41. The first-order valence-electron chi connectivity index (χ1n) is 10.8. The fourth-order valence-electron chi connectivity index (χ4n) is 4.58. The summed E-state index contributed by atoms with van der Waals surface area (Å²) < 4.78 is 50.7. The molecule has 2 aliphatic carbocycles. The van der Waals surface area contributed by atoms with E-state index in [1.807, 2.05) is 11.8 Å². The van der Waals surface area contributed by atoms with Gasteiger partial charge in [0.25, 0.3) is 0 Å². The number of rotatable bonds is 6. The minimum Gasteiger partial charge on any atom is -0.352 e. The monoisotopic (exact) mass is 426 g/mol. The van der Waals surface area contributed by atoms with Crippen molar-refractivity contribution in [3.63, 3.8) is 0 Å². The van der Waals surface area contributed by atoms with Gasteiger partial charge in [-0.05, 0) is 50.3 Å². The largest absolute Gasteiger partial charge is 0.416 e. The van der Waals surface area contributed by atoms with Gasteiger partial charge < -0.3 is 14.8 Å². The third-order valence-corrected chi connectivity index (χ3v) is 6.46. The molecule has 1 amide bonds. The summed E-state index contributed by atoms with van der Waals surface area (Å²) in [7, 11) is 0. The van der Waals surface area contributed by atoms with Gasteiger partial charge >= 0.3 is 6.18 Å². The molecule has 8 heteroatoms. The average molecular weight is 426 g/mol. The van der Waals surface area contributed by atoms with Crippen LogP contribution in [0, 0.1) is 0 Å². The molecule has 5 nitrogen and oxygen atoms in total. The Labute approximate surface area is 174 Å². The topological polar surface area (TPSA) is 50.8 Å². The number of carbonyl (C=O) groups is 1. The normalized spacial score (nSPS) is 23.1. The molecule has 0 aromatic heterocycles. The van der Waals surface area contributed by atoms with E-state index in [1.165, 1.54) is 12.1 Å². The lowest BCUT2D eigenvalue weighted by molar-refractivity contribution is -0.180. The summed E-state index contributed by atoms with van der Waals surface area (Å²) >= 11 is 0. The third-order valence-electron chi connectivity index (χ3n) is 6.46. The molecule has 2 saturated carbocycles. The average Bonchev–Trinajstić information content (AvgIpc) is 3.46. The standard InChI is InChI=1S/C22H29F3N2O3/c1-15(16-3-2-4-17(13-16)22(23,24)25)27(19-5-6-19)14-20(28)26-18-7-9-21(10-8-18)29-11-12-30-21/h2-4,13,15,18-19H,5-12,14H2,1H3,(H,26,28). The maximum absolute atomic E-state index is 13.1. The zero-order valence-corrected chi connectivity index (χ0v) is 17.2. The molecular formula is C22H29F3N2O3. The zero-order chi connectivity index (χ0) is 21.4. The lowest BCUT2D eigenvalue weighted by Crippen LogP contribution is -2.47. The lowest BCUT2D eigenvalue weighted by Gasteiger charge is -2.36. The van der Waals surface area contributed by atoms with Gasteiger partial charge in [0.1, 0.15) is 0 Å². The number of amides is 1. The molecule has 166 valence electrons. The highest BCUT2D eigenvalue weighted by Crippen LogP contribution is 2.37. The fourth-order valence-corrected chi connectivity index (χ4v) is 4.58. The van der Waals surface area contributed by atoms with Gasteiger partial charge in [-0.3, -0.25) is 9.69 Å². The first kappa shape index (κ1) is 21.6. The van der Waals surface area contributed by atoms with E-state index in [-0.39, 0.29) is 30.6 Å². The molecule has 1 aromatic carbocycles. The van der Waals surface area contributed by atoms with Crippen LogP contribution in [0.2, 0.25) is 0 Å². The summed E-state index contributed by atoms with van der Waals surface area (Å²) in [4.78, 5) is 14.8. The van der Waals surface area contributed by atoms with Crippen molar-refractivity contribution in [2.24, 2.45) is 0 Å². The Kier molecular flexibility index (Phi) is 6.10. The Morgan fingerprint density at radius 3 is 2.47 bits per heavy atom. The number of carbonyl (C=O) groups excluding carboxylic acids is 1. The van der Waals surface area contributed by atoms with Crippen molar-refractivity contribution in [3.8, 4) is 0 Å². The van der Waals surface area contributed by atoms with Gasteiger partial charge in [0.05, 0.1) is 25.3 Å². The van der Waals surface area contributed by atoms with E-state index in [2.05, 4.69) is 5.32 Å². The van der Waals surface area contributed by atoms with Gasteiger partial charge in [0, 0.05) is 31.0 Å². The molecule has 0 radical (unpaired) electrons. The van der Waals surface area contributed by atoms with Crippen LogP contribution < -0.4 is 5.32 Å². The molecule has 1 atom stereocenters. The summed E-state index contributed by atoms with van der Waals surface area (Å²) in [6, 6.07) is 5.48. The van der Waals surface area contributed by atoms with E-state index < -0.39 is 17.5 Å². The van der Waals surface area contributed by atoms with E-state index in [4.69, 9.17) is 9.47 Å². The number of nitrogens with zero attached hydrogens (tertiary/aromatic N) is 1. The predicted molar refractivity (Wildman–Crippen MR) is 105 cm³/mol. The Morgan fingerprint density at radius 1 is 1.20 bits per heavy atom. The lowest BCUT2D eigenvalue weighted by atomic mass is 9.90. The van der Waals surface area contributed by atoms with Crippen LogP contribution in [0.25, 0.3) is 0 Å². The SMILES string of the molecule is CC(c1cccc(C(F)(F)F)c1)N(CC(=O)NC1CCC2(CC1)OCCO2)C1CC1. The number of ether oxygens (including phenoxy) is 2. The second-order valence-corrected chi connectivity index (χ2v) is 8.65. The molecule has 1 heterocycles. The second-order valence-electron chi connectivity index (χ2n) is 8.65. The van der Waals surface area contributed by atoms with Gasteiger partial charge in [0.2, 0.25) is 5.91 Å². The number of nitrogens with one attached hydrogen (secondary N) is 1. The molecule has 1 saturated heterocycles. The maximum atomic E-state index is 13.1. The van der Waals surface area contributed by atoms with Crippen LogP contribution >= 0.6 is 0 Å². The van der Waals surface area contributed by atoms with Gasteiger partial charge in [-0.25, -0.2) is 0 Å². The van der Waals surface area contributed by atoms with Gasteiger partial charge in [-0.15, -0.1) is 0 Å². The van der Waals surface area contributed by atoms with Crippen LogP contribution in [-0.2, 0) is 20.4 Å². The zero-order valence-electron chi connectivity index (χ0n) is 17.2. The summed E-state index contributed by atoms with van der Waals surface area (Å²) in [5, 5.41) is 3.11. The Balaban J connectivity index is 1.35. The Morgan fingerprint density at radius 2 is 1.87 bits per heavy atom. The van der Waals surface area contributed by atoms with Crippen LogP contribution in [-0.4, -0.2) is 48.4 Å². The third kappa shape index (κ3) is 4.98. The van der Waals surface area contributed by atoms with E-state index >= 15 is 0 Å². The van der Waals surface area contributed by atoms with Gasteiger partial charge in [-0.1, -0.05) is 12.1 Å². The molecule has 1 aliphatic heterocycles. The molecule has 3 aliphatic rings. The molecule has 1 unspecified atom stereocenters. The molecule has 4 rings (SSSR count). The van der Waals surface area contributed by atoms with Crippen LogP contribution in [0.1, 0.15) is 62.6 Å². The maximum Gasteiger partial charge on any atom is 0.416 e. The highest BCUT2D eigenvalue weighted by molar-refractivity contribution is 5.78. The number of benzene rings is 1. The van der Waals surface area contributed by atoms with E-state index in [9.17, 15) is 18.0 Å². The van der Waals surface area contributed by atoms with Crippen molar-refractivity contribution >= 4 is 5.91 Å². The van der Waals surface area contributed by atoms with Crippen LogP contribution in [0.3, 0.4) is 0 Å². The smallest absolute Gasteiger partial charge is 0.352 e. The van der Waals surface area contributed by atoms with Crippen molar-refractivity contribution in [1.29, 1.82) is 0 Å². The Hall–Kier alpha value is -1.64. The van der Waals surface area contributed by atoms with E-state index in [0.717, 1.165) is 44.6 Å². The summed E-state index contributed by atoms with van der Waals surface area (Å²) in [6.45, 7) is 3.32. The van der Waals surface area contributed by atoms with Crippen LogP contribution in [0.4, 0.5) is 13.2 Å². The van der Waals surface area contributed by atoms with Crippen molar-refractivity contribution < 1.29 is 27.4 Å². The van der Waals surface area contributed by atoms with E-state index in [1.54, 1.807) is 6.07 Å². The number of hydrogen-bond acceptors (Lipinski definition) is 4. The van der Waals surface area contributed by atoms with E-state index in [0.29, 0.717) is 18.8 Å². The molecule has 1 aromatic rings. The summed E-state index contributed by atoms with van der Waals surface area (Å²) in [6.07, 6.45) is 0.712. The Bertz CT molecular complexity index is 750. The minimum absolute atomic E-state index is 0.0741. The first-order chi connectivity index (χ1) is 14.3. The molecule has 3 fully saturated rings. The number of halogens is 3. The number of alkyl halides is 3. The van der Waals surface area contributed by atoms with Crippen molar-refractivity contribution in [2.75, 3.05) is 19.8 Å². The number of hydrogen-bond donors (Lipinski definition) is 1. The highest BCUT2D eigenvalue weighted by atomic mass is 19.4. The van der Waals surface area contributed by atoms with Gasteiger partial charge in [0.15, 0.2) is 5.79 Å². The van der Waals surface area contributed by atoms with Crippen LogP contribution in [0.5, 0.6) is 0 Å². The van der Waals surface area contributed by atoms with Crippen molar-refractivity contribution in [2.45, 2.75) is 75.5 Å². The molecule has 30 heavy (non-hydrogen) atoms. The summed E-state index contributed by atoms with van der Waals surface area (Å²) in [5.41, 5.74) is -0.0702. The van der Waals surface area contributed by atoms with Crippen molar-refractivity contribution in [3.05, 3.63) is 35.4 Å². The van der Waals surface area contributed by atoms with Crippen molar-refractivity contribution in [1.82, 2.24) is 10.2 Å².